The zero-order valence-electron chi connectivity index (χ0n) is 55.4. The number of esters is 13. The number of rotatable bonds is 26. The first-order valence-corrected chi connectivity index (χ1v) is 30.0. The first-order chi connectivity index (χ1) is 45.3. The topological polar surface area (TPSA) is 495 Å². The lowest BCUT2D eigenvalue weighted by atomic mass is 9.93. The summed E-state index contributed by atoms with van der Waals surface area (Å²) in [7, 11) is 0. The quantitative estimate of drug-likeness (QED) is 0.0563. The standard InChI is InChI=1S/C58H81NO38/c1-20-41(81-26(7)65)48(86-31(12)70)51(88-33(14)72)56(80-20)97-53-49(87-32(13)71)44(83-28(9)67)37(18-78-24(5)63)93-58(53)95-46-39(59-21(2)60)55(91-36(17-77-23(4)62)42(46)82-27(8)66)96-50-45(84-29(10)68)38(19-79-25(6)64)92-57(52(50)89-34(15)73)94-43-35(16-76-22(3)61)90-54(75)40(74)47(43)85-30(11)69/h20,35-58,74-75H,16-19H2,1-15H3,(H,59,60)/t20-,35+,36+,37+,38+,39+,40+,41+,42-,43-,44-,45-,46+,47+,48+,49-,50-,51-,52+,53+,54+,55-,56-,57+,58-/m0/s1. The molecule has 5 aliphatic heterocycles. The van der Waals surface area contributed by atoms with Crippen LogP contribution in [0.4, 0.5) is 0 Å². The summed E-state index contributed by atoms with van der Waals surface area (Å²) in [6.07, 6.45) is -48.0. The van der Waals surface area contributed by atoms with Crippen molar-refractivity contribution < 1.29 is 182 Å². The molecule has 0 aromatic rings. The summed E-state index contributed by atoms with van der Waals surface area (Å²) in [5, 5.41) is 24.6. The molecule has 546 valence electrons. The minimum absolute atomic E-state index is 0.805. The highest BCUT2D eigenvalue weighted by atomic mass is 16.8. The number of carbonyl (C=O) groups is 14. The van der Waals surface area contributed by atoms with Gasteiger partial charge in [-0.15, -0.1) is 0 Å². The fraction of sp³-hybridized carbons (Fsp3) is 0.759. The number of hydrogen-bond acceptors (Lipinski definition) is 38. The van der Waals surface area contributed by atoms with Gasteiger partial charge in [0.25, 0.3) is 0 Å². The van der Waals surface area contributed by atoms with Gasteiger partial charge in [0.1, 0.15) is 81.3 Å². The molecule has 5 saturated heterocycles. The second-order valence-electron chi connectivity index (χ2n) is 22.4. The van der Waals surface area contributed by atoms with Gasteiger partial charge < -0.3 is 120 Å². The molecule has 0 bridgehead atoms. The van der Waals surface area contributed by atoms with Crippen LogP contribution in [0.5, 0.6) is 0 Å². The predicted molar refractivity (Wildman–Crippen MR) is 301 cm³/mol. The molecular formula is C58H81NO38. The van der Waals surface area contributed by atoms with E-state index in [0.29, 0.717) is 0 Å². The maximum atomic E-state index is 13.9. The van der Waals surface area contributed by atoms with Gasteiger partial charge >= 0.3 is 77.6 Å². The van der Waals surface area contributed by atoms with Crippen LogP contribution < -0.4 is 5.32 Å². The summed E-state index contributed by atoms with van der Waals surface area (Å²) in [5.74, 6) is -14.7. The Morgan fingerprint density at radius 2 is 0.567 bits per heavy atom. The minimum Gasteiger partial charge on any atom is -0.463 e. The summed E-state index contributed by atoms with van der Waals surface area (Å²) in [5.41, 5.74) is 0. The van der Waals surface area contributed by atoms with E-state index in [1.807, 2.05) is 0 Å². The summed E-state index contributed by atoms with van der Waals surface area (Å²) >= 11 is 0. The first-order valence-electron chi connectivity index (χ1n) is 30.0. The van der Waals surface area contributed by atoms with Crippen LogP contribution in [0, 0.1) is 0 Å². The fourth-order valence-corrected chi connectivity index (χ4v) is 10.9. The monoisotopic (exact) mass is 1400 g/mol. The molecule has 39 heteroatoms. The highest BCUT2D eigenvalue weighted by Gasteiger charge is 2.62. The Labute approximate surface area is 552 Å². The first kappa shape index (κ1) is 79.8. The van der Waals surface area contributed by atoms with E-state index in [0.717, 1.165) is 96.9 Å². The lowest BCUT2D eigenvalue weighted by molar-refractivity contribution is -0.390. The molecule has 97 heavy (non-hydrogen) atoms. The summed E-state index contributed by atoms with van der Waals surface area (Å²) < 4.78 is 130. The van der Waals surface area contributed by atoms with Crippen molar-refractivity contribution in [1.29, 1.82) is 0 Å². The zero-order chi connectivity index (χ0) is 72.6. The van der Waals surface area contributed by atoms with Crippen LogP contribution >= 0.6 is 0 Å². The molecule has 0 spiro atoms. The van der Waals surface area contributed by atoms with E-state index < -0.39 is 263 Å². The maximum absolute atomic E-state index is 13.9. The predicted octanol–water partition coefficient (Wildman–Crippen LogP) is -3.33. The summed E-state index contributed by atoms with van der Waals surface area (Å²) in [6.45, 7) is 10.9. The van der Waals surface area contributed by atoms with E-state index in [9.17, 15) is 77.3 Å². The smallest absolute Gasteiger partial charge is 0.303 e. The fourth-order valence-electron chi connectivity index (χ4n) is 10.9. The van der Waals surface area contributed by atoms with E-state index in [1.165, 1.54) is 6.92 Å². The van der Waals surface area contributed by atoms with Gasteiger partial charge in [-0.1, -0.05) is 0 Å². The molecule has 5 aliphatic rings. The maximum Gasteiger partial charge on any atom is 0.303 e. The average molecular weight is 1400 g/mol. The van der Waals surface area contributed by atoms with Crippen LogP contribution in [0.2, 0.25) is 0 Å². The van der Waals surface area contributed by atoms with Crippen LogP contribution in [-0.4, -0.2) is 274 Å². The Balaban J connectivity index is 1.85. The molecule has 5 heterocycles. The number of ether oxygens (including phenoxy) is 22. The number of hydrogen-bond donors (Lipinski definition) is 3. The van der Waals surface area contributed by atoms with Crippen molar-refractivity contribution in [3.05, 3.63) is 0 Å². The van der Waals surface area contributed by atoms with Crippen LogP contribution in [-0.2, 0) is 171 Å². The van der Waals surface area contributed by atoms with Gasteiger partial charge in [-0.05, 0) is 6.92 Å². The van der Waals surface area contributed by atoms with Crippen molar-refractivity contribution in [2.75, 3.05) is 26.4 Å². The van der Waals surface area contributed by atoms with Crippen LogP contribution in [0.1, 0.15) is 104 Å². The Hall–Kier alpha value is -7.86. The van der Waals surface area contributed by atoms with Gasteiger partial charge in [0, 0.05) is 96.9 Å². The third-order valence-electron chi connectivity index (χ3n) is 14.2. The molecule has 0 radical (unpaired) electrons. The van der Waals surface area contributed by atoms with Crippen LogP contribution in [0.15, 0.2) is 0 Å². The Morgan fingerprint density at radius 3 is 0.969 bits per heavy atom. The molecule has 0 aliphatic carbocycles. The lowest BCUT2D eigenvalue weighted by Crippen LogP contribution is -2.71. The Kier molecular flexibility index (Phi) is 29.7. The third-order valence-corrected chi connectivity index (χ3v) is 14.2. The van der Waals surface area contributed by atoms with E-state index in [2.05, 4.69) is 5.32 Å². The molecule has 5 fully saturated rings. The van der Waals surface area contributed by atoms with Gasteiger partial charge in [-0.2, -0.15) is 0 Å². The normalized spacial score (nSPS) is 34.6. The molecule has 0 aromatic heterocycles. The number of nitrogens with one attached hydrogen (secondary N) is 1. The number of amides is 1. The molecular weight excluding hydrogens is 1320 g/mol. The zero-order valence-corrected chi connectivity index (χ0v) is 55.4. The van der Waals surface area contributed by atoms with Crippen molar-refractivity contribution in [2.24, 2.45) is 0 Å². The second-order valence-corrected chi connectivity index (χ2v) is 22.4. The van der Waals surface area contributed by atoms with Crippen molar-refractivity contribution in [3.63, 3.8) is 0 Å². The lowest BCUT2D eigenvalue weighted by Gasteiger charge is -2.52. The Bertz CT molecular complexity index is 2850. The molecule has 0 aromatic carbocycles. The molecule has 1 amide bonds. The number of aliphatic hydroxyl groups excluding tert-OH is 2. The van der Waals surface area contributed by atoms with E-state index >= 15 is 0 Å². The van der Waals surface area contributed by atoms with Crippen LogP contribution in [0.3, 0.4) is 0 Å². The van der Waals surface area contributed by atoms with Crippen molar-refractivity contribution in [2.45, 2.75) is 257 Å². The van der Waals surface area contributed by atoms with Gasteiger partial charge in [-0.25, -0.2) is 0 Å². The molecule has 0 unspecified atom stereocenters. The second kappa shape index (κ2) is 36.1. The SMILES string of the molecule is CC(=O)N[C@H]1[C@H](O[C@H]2[C@@H](OC(C)=O)[C@@H](COC(C)=O)O[C@H](O[C@@H]3[C@H](OC(C)=O)[C@@H](O)[C@H](O)O[C@@H]3COC(C)=O)[C@@H]2OC(C)=O)O[C@H](COC(C)=O)[C@H](OC(C)=O)[C@@H]1O[C@@H]1O[C@H](COC(C)=O)[C@H](OC(C)=O)[C@H](OC(C)=O)[C@H]1O[C@@H]1O[C@@H](C)[C@@H](OC(C)=O)[C@@H](OC(C)=O)[C@@H]1OC(C)=O. The number of carbonyl (C=O) groups excluding carboxylic acids is 14. The van der Waals surface area contributed by atoms with Gasteiger partial charge in [-0.3, -0.25) is 67.1 Å². The third kappa shape index (κ3) is 23.1. The molecule has 39 nitrogen and oxygen atoms in total. The molecule has 0 saturated carbocycles. The average Bonchev–Trinajstić information content (AvgIpc) is 0.761. The Morgan fingerprint density at radius 1 is 0.289 bits per heavy atom. The van der Waals surface area contributed by atoms with Crippen molar-refractivity contribution >= 4 is 83.5 Å². The highest BCUT2D eigenvalue weighted by molar-refractivity contribution is 5.74. The highest BCUT2D eigenvalue weighted by Crippen LogP contribution is 2.41. The van der Waals surface area contributed by atoms with Gasteiger partial charge in [0.15, 0.2) is 92.5 Å². The number of aliphatic hydroxyl groups is 2. The van der Waals surface area contributed by atoms with E-state index in [4.69, 9.17) is 104 Å². The van der Waals surface area contributed by atoms with Crippen molar-refractivity contribution in [3.8, 4) is 0 Å². The molecule has 25 atom stereocenters. The van der Waals surface area contributed by atoms with Crippen molar-refractivity contribution in [1.82, 2.24) is 5.32 Å². The summed E-state index contributed by atoms with van der Waals surface area (Å²) in [6, 6.07) is -2.09. The molecule has 3 N–H and O–H groups in total. The molecule has 5 rings (SSSR count). The van der Waals surface area contributed by atoms with Crippen LogP contribution in [0.25, 0.3) is 0 Å². The van der Waals surface area contributed by atoms with E-state index in [1.54, 1.807) is 0 Å². The largest absolute Gasteiger partial charge is 0.463 e. The summed E-state index contributed by atoms with van der Waals surface area (Å²) in [4.78, 5) is 182. The minimum atomic E-state index is -2.34. The van der Waals surface area contributed by atoms with Gasteiger partial charge in [0.2, 0.25) is 5.91 Å². The van der Waals surface area contributed by atoms with E-state index in [-0.39, 0.29) is 0 Å². The van der Waals surface area contributed by atoms with Gasteiger partial charge in [0.05, 0.1) is 6.10 Å².